The fraction of sp³-hybridized carbons (Fsp3) is 0.571. The van der Waals surface area contributed by atoms with Crippen molar-refractivity contribution in [1.29, 1.82) is 0 Å². The van der Waals surface area contributed by atoms with Crippen LogP contribution in [0, 0.1) is 0 Å². The SMILES string of the molecule is FC(F)(F)Oc1ccc(NC2CCCCCC2)cc1Br. The van der Waals surface area contributed by atoms with Crippen LogP contribution in [0.2, 0.25) is 0 Å². The van der Waals surface area contributed by atoms with E-state index in [0.717, 1.165) is 18.5 Å². The minimum atomic E-state index is -4.67. The van der Waals surface area contributed by atoms with Crippen molar-refractivity contribution in [3.8, 4) is 5.75 Å². The van der Waals surface area contributed by atoms with Gasteiger partial charge in [0.05, 0.1) is 4.47 Å². The van der Waals surface area contributed by atoms with Gasteiger partial charge in [-0.3, -0.25) is 0 Å². The molecule has 0 saturated heterocycles. The molecule has 0 aromatic heterocycles. The third-order valence-corrected chi connectivity index (χ3v) is 4.00. The molecule has 1 saturated carbocycles. The van der Waals surface area contributed by atoms with Crippen LogP contribution in [0.4, 0.5) is 18.9 Å². The fourth-order valence-electron chi connectivity index (χ4n) is 2.46. The highest BCUT2D eigenvalue weighted by atomic mass is 79.9. The predicted octanol–water partition coefficient (Wildman–Crippen LogP) is 5.48. The van der Waals surface area contributed by atoms with Gasteiger partial charge in [0.1, 0.15) is 5.75 Å². The summed E-state index contributed by atoms with van der Waals surface area (Å²) in [5.41, 5.74) is 0.818. The molecule has 1 aromatic carbocycles. The lowest BCUT2D eigenvalue weighted by atomic mass is 10.1. The molecule has 0 atom stereocenters. The molecule has 6 heteroatoms. The van der Waals surface area contributed by atoms with Gasteiger partial charge in [-0.1, -0.05) is 25.7 Å². The maximum Gasteiger partial charge on any atom is 0.573 e. The Labute approximate surface area is 124 Å². The number of benzene rings is 1. The van der Waals surface area contributed by atoms with E-state index in [4.69, 9.17) is 0 Å². The van der Waals surface area contributed by atoms with Gasteiger partial charge in [-0.15, -0.1) is 13.2 Å². The topological polar surface area (TPSA) is 21.3 Å². The Kier molecular flexibility index (Phi) is 5.18. The van der Waals surface area contributed by atoms with E-state index >= 15 is 0 Å². The van der Waals surface area contributed by atoms with Gasteiger partial charge >= 0.3 is 6.36 Å². The van der Waals surface area contributed by atoms with Crippen LogP contribution in [-0.2, 0) is 0 Å². The Hall–Kier alpha value is -0.910. The minimum absolute atomic E-state index is 0.219. The van der Waals surface area contributed by atoms with Gasteiger partial charge in [0.15, 0.2) is 0 Å². The highest BCUT2D eigenvalue weighted by Crippen LogP contribution is 2.33. The monoisotopic (exact) mass is 351 g/mol. The molecule has 1 aromatic rings. The van der Waals surface area contributed by atoms with E-state index in [1.165, 1.54) is 31.7 Å². The van der Waals surface area contributed by atoms with Gasteiger partial charge in [-0.05, 0) is 47.0 Å². The molecular formula is C14H17BrF3NO. The Bertz CT molecular complexity index is 443. The maximum absolute atomic E-state index is 12.2. The zero-order valence-corrected chi connectivity index (χ0v) is 12.6. The lowest BCUT2D eigenvalue weighted by molar-refractivity contribution is -0.274. The standard InChI is InChI=1S/C14H17BrF3NO/c15-12-9-11(7-8-13(12)20-14(16,17)18)19-10-5-3-1-2-4-6-10/h7-10,19H,1-6H2. The summed E-state index contributed by atoms with van der Waals surface area (Å²) in [5, 5.41) is 3.38. The van der Waals surface area contributed by atoms with E-state index in [-0.39, 0.29) is 5.75 Å². The number of alkyl halides is 3. The van der Waals surface area contributed by atoms with Crippen molar-refractivity contribution in [2.45, 2.75) is 50.9 Å². The van der Waals surface area contributed by atoms with E-state index in [1.807, 2.05) is 0 Å². The zero-order chi connectivity index (χ0) is 14.6. The third kappa shape index (κ3) is 4.89. The largest absolute Gasteiger partial charge is 0.573 e. The first kappa shape index (κ1) is 15.5. The zero-order valence-electron chi connectivity index (χ0n) is 11.0. The second kappa shape index (κ2) is 6.70. The molecule has 0 amide bonds. The molecule has 20 heavy (non-hydrogen) atoms. The Balaban J connectivity index is 2.01. The molecule has 112 valence electrons. The maximum atomic E-state index is 12.2. The number of anilines is 1. The van der Waals surface area contributed by atoms with Crippen molar-refractivity contribution >= 4 is 21.6 Å². The molecule has 1 fully saturated rings. The number of nitrogens with one attached hydrogen (secondary N) is 1. The number of ether oxygens (including phenoxy) is 1. The lowest BCUT2D eigenvalue weighted by Crippen LogP contribution is -2.19. The van der Waals surface area contributed by atoms with E-state index in [0.29, 0.717) is 10.5 Å². The average Bonchev–Trinajstić information content (AvgIpc) is 2.60. The molecule has 0 radical (unpaired) electrons. The number of hydrogen-bond acceptors (Lipinski definition) is 2. The predicted molar refractivity (Wildman–Crippen MR) is 75.9 cm³/mol. The van der Waals surface area contributed by atoms with E-state index in [1.54, 1.807) is 12.1 Å². The van der Waals surface area contributed by atoms with Crippen molar-refractivity contribution in [1.82, 2.24) is 0 Å². The highest BCUT2D eigenvalue weighted by molar-refractivity contribution is 9.10. The van der Waals surface area contributed by atoms with Gasteiger partial charge < -0.3 is 10.1 Å². The number of hydrogen-bond donors (Lipinski definition) is 1. The van der Waals surface area contributed by atoms with Crippen molar-refractivity contribution in [3.63, 3.8) is 0 Å². The molecule has 2 rings (SSSR count). The summed E-state index contributed by atoms with van der Waals surface area (Å²) in [5.74, 6) is -0.219. The van der Waals surface area contributed by atoms with Gasteiger partial charge in [-0.2, -0.15) is 0 Å². The van der Waals surface area contributed by atoms with Crippen molar-refractivity contribution in [2.24, 2.45) is 0 Å². The molecule has 1 aliphatic carbocycles. The normalized spacial score (nSPS) is 17.6. The molecule has 1 aliphatic rings. The molecule has 2 nitrogen and oxygen atoms in total. The smallest absolute Gasteiger partial charge is 0.405 e. The molecule has 0 bridgehead atoms. The van der Waals surface area contributed by atoms with Gasteiger partial charge in [0.2, 0.25) is 0 Å². The number of halogens is 4. The van der Waals surface area contributed by atoms with Crippen LogP contribution in [0.25, 0.3) is 0 Å². The first-order valence-electron chi connectivity index (χ1n) is 6.76. The summed E-state index contributed by atoms with van der Waals surface area (Å²) in [6.07, 6.45) is 2.48. The second-order valence-electron chi connectivity index (χ2n) is 5.03. The highest BCUT2D eigenvalue weighted by Gasteiger charge is 2.32. The van der Waals surface area contributed by atoms with Crippen LogP contribution >= 0.6 is 15.9 Å². The first-order chi connectivity index (χ1) is 9.44. The fourth-order valence-corrected chi connectivity index (χ4v) is 2.92. The minimum Gasteiger partial charge on any atom is -0.405 e. The number of rotatable bonds is 3. The molecule has 0 unspecified atom stereocenters. The Morgan fingerprint density at radius 1 is 1.10 bits per heavy atom. The van der Waals surface area contributed by atoms with Crippen LogP contribution in [0.3, 0.4) is 0 Å². The van der Waals surface area contributed by atoms with Crippen LogP contribution < -0.4 is 10.1 Å². The molecule has 0 heterocycles. The quantitative estimate of drug-likeness (QED) is 0.727. The summed E-state index contributed by atoms with van der Waals surface area (Å²) in [6.45, 7) is 0. The molecular weight excluding hydrogens is 335 g/mol. The van der Waals surface area contributed by atoms with Crippen molar-refractivity contribution in [2.75, 3.05) is 5.32 Å². The van der Waals surface area contributed by atoms with E-state index in [9.17, 15) is 13.2 Å². The van der Waals surface area contributed by atoms with Gasteiger partial charge in [0.25, 0.3) is 0 Å². The van der Waals surface area contributed by atoms with Crippen LogP contribution in [-0.4, -0.2) is 12.4 Å². The third-order valence-electron chi connectivity index (χ3n) is 3.38. The van der Waals surface area contributed by atoms with Gasteiger partial charge in [0, 0.05) is 11.7 Å². The van der Waals surface area contributed by atoms with Crippen LogP contribution in [0.15, 0.2) is 22.7 Å². The molecule has 0 spiro atoms. The summed E-state index contributed by atoms with van der Waals surface area (Å²) >= 11 is 3.12. The Morgan fingerprint density at radius 3 is 2.30 bits per heavy atom. The van der Waals surface area contributed by atoms with Crippen molar-refractivity contribution < 1.29 is 17.9 Å². The van der Waals surface area contributed by atoms with E-state index in [2.05, 4.69) is 26.0 Å². The van der Waals surface area contributed by atoms with Crippen LogP contribution in [0.5, 0.6) is 5.75 Å². The summed E-state index contributed by atoms with van der Waals surface area (Å²) < 4.78 is 40.8. The summed E-state index contributed by atoms with van der Waals surface area (Å²) in [4.78, 5) is 0. The Morgan fingerprint density at radius 2 is 1.75 bits per heavy atom. The van der Waals surface area contributed by atoms with Crippen molar-refractivity contribution in [3.05, 3.63) is 22.7 Å². The van der Waals surface area contributed by atoms with Gasteiger partial charge in [-0.25, -0.2) is 0 Å². The molecule has 1 N–H and O–H groups in total. The first-order valence-corrected chi connectivity index (χ1v) is 7.55. The summed E-state index contributed by atoms with van der Waals surface area (Å²) in [7, 11) is 0. The second-order valence-corrected chi connectivity index (χ2v) is 5.88. The summed E-state index contributed by atoms with van der Waals surface area (Å²) in [6, 6.07) is 4.98. The van der Waals surface area contributed by atoms with Crippen LogP contribution in [0.1, 0.15) is 38.5 Å². The average molecular weight is 352 g/mol. The molecule has 0 aliphatic heterocycles. The van der Waals surface area contributed by atoms with E-state index < -0.39 is 6.36 Å². The lowest BCUT2D eigenvalue weighted by Gasteiger charge is -2.18.